The first kappa shape index (κ1) is 18.8. The SMILES string of the molecule is CC(C)c1ccc(NC(=O)C(=O)N/N=C\c2ccccc2[N+](=O)[O-])cc1. The Hall–Kier alpha value is -3.55. The Morgan fingerprint density at radius 1 is 1.08 bits per heavy atom. The molecule has 8 nitrogen and oxygen atoms in total. The van der Waals surface area contributed by atoms with E-state index in [0.29, 0.717) is 11.6 Å². The highest BCUT2D eigenvalue weighted by atomic mass is 16.6. The van der Waals surface area contributed by atoms with E-state index in [1.165, 1.54) is 18.2 Å². The highest BCUT2D eigenvalue weighted by molar-refractivity contribution is 6.39. The van der Waals surface area contributed by atoms with Crippen LogP contribution < -0.4 is 10.7 Å². The van der Waals surface area contributed by atoms with Crippen molar-refractivity contribution in [2.45, 2.75) is 19.8 Å². The van der Waals surface area contributed by atoms with Gasteiger partial charge in [-0.3, -0.25) is 19.7 Å². The second-order valence-corrected chi connectivity index (χ2v) is 5.75. The predicted molar refractivity (Wildman–Crippen MR) is 98.0 cm³/mol. The van der Waals surface area contributed by atoms with Gasteiger partial charge in [0.1, 0.15) is 0 Å². The minimum absolute atomic E-state index is 0.153. The molecule has 0 heterocycles. The van der Waals surface area contributed by atoms with E-state index in [4.69, 9.17) is 0 Å². The number of nitro benzene ring substituents is 1. The molecule has 0 radical (unpaired) electrons. The summed E-state index contributed by atoms with van der Waals surface area (Å²) in [6.07, 6.45) is 1.11. The number of rotatable bonds is 5. The van der Waals surface area contributed by atoms with E-state index in [2.05, 4.69) is 24.3 Å². The minimum atomic E-state index is -0.979. The van der Waals surface area contributed by atoms with E-state index >= 15 is 0 Å². The number of carbonyl (C=O) groups is 2. The van der Waals surface area contributed by atoms with Crippen molar-refractivity contribution in [2.24, 2.45) is 5.10 Å². The molecule has 0 aliphatic rings. The molecule has 0 aromatic heterocycles. The zero-order valence-corrected chi connectivity index (χ0v) is 14.3. The molecule has 0 bridgehead atoms. The third-order valence-corrected chi connectivity index (χ3v) is 3.54. The zero-order valence-electron chi connectivity index (χ0n) is 14.3. The zero-order chi connectivity index (χ0) is 19.1. The molecule has 2 rings (SSSR count). The monoisotopic (exact) mass is 354 g/mol. The third kappa shape index (κ3) is 4.97. The van der Waals surface area contributed by atoms with Crippen molar-refractivity contribution in [1.82, 2.24) is 5.43 Å². The molecule has 2 N–H and O–H groups in total. The standard InChI is InChI=1S/C18H18N4O4/c1-12(2)13-7-9-15(10-8-13)20-17(23)18(24)21-19-11-14-5-3-4-6-16(14)22(25)26/h3-12H,1-2H3,(H,20,23)(H,21,24)/b19-11-. The molecular weight excluding hydrogens is 336 g/mol. The fourth-order valence-electron chi connectivity index (χ4n) is 2.11. The molecule has 134 valence electrons. The van der Waals surface area contributed by atoms with Crippen molar-refractivity contribution in [1.29, 1.82) is 0 Å². The second kappa shape index (κ2) is 8.52. The normalized spacial score (nSPS) is 10.7. The molecule has 8 heteroatoms. The number of nitrogens with zero attached hydrogens (tertiary/aromatic N) is 2. The van der Waals surface area contributed by atoms with Crippen LogP contribution in [0.15, 0.2) is 53.6 Å². The number of nitrogens with one attached hydrogen (secondary N) is 2. The summed E-state index contributed by atoms with van der Waals surface area (Å²) in [6.45, 7) is 4.10. The van der Waals surface area contributed by atoms with E-state index in [1.807, 2.05) is 17.6 Å². The first-order valence-electron chi connectivity index (χ1n) is 7.86. The van der Waals surface area contributed by atoms with Crippen LogP contribution in [0.3, 0.4) is 0 Å². The van der Waals surface area contributed by atoms with Gasteiger partial charge in [0, 0.05) is 11.8 Å². The Bertz CT molecular complexity index is 845. The van der Waals surface area contributed by atoms with Crippen LogP contribution in [0, 0.1) is 10.1 Å². The second-order valence-electron chi connectivity index (χ2n) is 5.75. The molecule has 26 heavy (non-hydrogen) atoms. The van der Waals surface area contributed by atoms with Gasteiger partial charge < -0.3 is 5.32 Å². The average Bonchev–Trinajstić information content (AvgIpc) is 2.62. The summed E-state index contributed by atoms with van der Waals surface area (Å²) in [5.74, 6) is -1.51. The molecule has 0 saturated carbocycles. The highest BCUT2D eigenvalue weighted by Gasteiger charge is 2.14. The molecule has 2 aromatic rings. The number of para-hydroxylation sites is 1. The molecule has 0 aliphatic carbocycles. The van der Waals surface area contributed by atoms with E-state index in [1.54, 1.807) is 18.2 Å². The van der Waals surface area contributed by atoms with Crippen molar-refractivity contribution in [2.75, 3.05) is 5.32 Å². The Morgan fingerprint density at radius 2 is 1.73 bits per heavy atom. The lowest BCUT2D eigenvalue weighted by Crippen LogP contribution is -2.32. The number of benzene rings is 2. The smallest absolute Gasteiger partial charge is 0.318 e. The number of carbonyl (C=O) groups excluding carboxylic acids is 2. The van der Waals surface area contributed by atoms with Crippen LogP contribution in [0.1, 0.15) is 30.9 Å². The molecule has 0 unspecified atom stereocenters. The van der Waals surface area contributed by atoms with E-state index in [-0.39, 0.29) is 11.3 Å². The number of amides is 2. The maximum atomic E-state index is 11.8. The summed E-state index contributed by atoms with van der Waals surface area (Å²) >= 11 is 0. The van der Waals surface area contributed by atoms with Crippen LogP contribution >= 0.6 is 0 Å². The Kier molecular flexibility index (Phi) is 6.15. The fraction of sp³-hybridized carbons (Fsp3) is 0.167. The van der Waals surface area contributed by atoms with Crippen LogP contribution in [0.2, 0.25) is 0 Å². The maximum Gasteiger partial charge on any atom is 0.329 e. The lowest BCUT2D eigenvalue weighted by molar-refractivity contribution is -0.385. The summed E-state index contributed by atoms with van der Waals surface area (Å²) in [7, 11) is 0. The Balaban J connectivity index is 1.95. The lowest BCUT2D eigenvalue weighted by Gasteiger charge is -2.07. The van der Waals surface area contributed by atoms with Crippen molar-refractivity contribution < 1.29 is 14.5 Å². The van der Waals surface area contributed by atoms with E-state index in [9.17, 15) is 19.7 Å². The summed E-state index contributed by atoms with van der Waals surface area (Å²) < 4.78 is 0. The van der Waals surface area contributed by atoms with E-state index < -0.39 is 16.7 Å². The third-order valence-electron chi connectivity index (χ3n) is 3.54. The van der Waals surface area contributed by atoms with Crippen LogP contribution in [0.5, 0.6) is 0 Å². The largest absolute Gasteiger partial charge is 0.329 e. The highest BCUT2D eigenvalue weighted by Crippen LogP contribution is 2.17. The summed E-state index contributed by atoms with van der Waals surface area (Å²) in [5.41, 5.74) is 3.70. The van der Waals surface area contributed by atoms with Gasteiger partial charge in [0.25, 0.3) is 5.69 Å². The van der Waals surface area contributed by atoms with Crippen LogP contribution in [-0.2, 0) is 9.59 Å². The fourth-order valence-corrected chi connectivity index (χ4v) is 2.11. The number of hydrazone groups is 1. The van der Waals surface area contributed by atoms with Gasteiger partial charge in [-0.1, -0.05) is 38.1 Å². The number of hydrogen-bond donors (Lipinski definition) is 2. The quantitative estimate of drug-likeness (QED) is 0.372. The first-order valence-corrected chi connectivity index (χ1v) is 7.86. The molecular formula is C18H18N4O4. The molecule has 0 fully saturated rings. The van der Waals surface area contributed by atoms with Crippen molar-refractivity contribution in [3.63, 3.8) is 0 Å². The molecule has 2 amide bonds. The topological polar surface area (TPSA) is 114 Å². The van der Waals surface area contributed by atoms with Crippen molar-refractivity contribution in [3.8, 4) is 0 Å². The van der Waals surface area contributed by atoms with Crippen molar-refractivity contribution in [3.05, 3.63) is 69.8 Å². The van der Waals surface area contributed by atoms with Gasteiger partial charge in [-0.05, 0) is 29.7 Å². The lowest BCUT2D eigenvalue weighted by atomic mass is 10.0. The molecule has 0 atom stereocenters. The summed E-state index contributed by atoms with van der Waals surface area (Å²) in [5, 5.41) is 16.9. The minimum Gasteiger partial charge on any atom is -0.318 e. The van der Waals surface area contributed by atoms with Gasteiger partial charge in [0.2, 0.25) is 0 Å². The van der Waals surface area contributed by atoms with Crippen LogP contribution in [0.4, 0.5) is 11.4 Å². The van der Waals surface area contributed by atoms with Gasteiger partial charge in [-0.15, -0.1) is 0 Å². The molecule has 0 aliphatic heterocycles. The van der Waals surface area contributed by atoms with Gasteiger partial charge in [0.15, 0.2) is 0 Å². The molecule has 0 spiro atoms. The first-order chi connectivity index (χ1) is 12.4. The van der Waals surface area contributed by atoms with Crippen LogP contribution in [0.25, 0.3) is 0 Å². The van der Waals surface area contributed by atoms with Gasteiger partial charge in [0.05, 0.1) is 16.7 Å². The molecule has 0 saturated heterocycles. The molecule has 2 aromatic carbocycles. The van der Waals surface area contributed by atoms with Crippen LogP contribution in [-0.4, -0.2) is 23.0 Å². The summed E-state index contributed by atoms with van der Waals surface area (Å²) in [4.78, 5) is 33.9. The van der Waals surface area contributed by atoms with E-state index in [0.717, 1.165) is 11.8 Å². The number of nitro groups is 1. The number of anilines is 1. The predicted octanol–water partition coefficient (Wildman–Crippen LogP) is 2.81. The number of hydrogen-bond acceptors (Lipinski definition) is 5. The summed E-state index contributed by atoms with van der Waals surface area (Å²) in [6, 6.07) is 13.1. The Morgan fingerprint density at radius 3 is 2.35 bits per heavy atom. The Labute approximate surface area is 150 Å². The maximum absolute atomic E-state index is 11.8. The van der Waals surface area contributed by atoms with Gasteiger partial charge >= 0.3 is 11.8 Å². The van der Waals surface area contributed by atoms with Gasteiger partial charge in [-0.2, -0.15) is 5.10 Å². The van der Waals surface area contributed by atoms with Crippen molar-refractivity contribution >= 4 is 29.4 Å². The average molecular weight is 354 g/mol. The van der Waals surface area contributed by atoms with Gasteiger partial charge in [-0.25, -0.2) is 5.43 Å².